The van der Waals surface area contributed by atoms with Crippen molar-refractivity contribution >= 4 is 27.5 Å². The quantitative estimate of drug-likeness (QED) is 0.822. The van der Waals surface area contributed by atoms with E-state index >= 15 is 0 Å². The van der Waals surface area contributed by atoms with Crippen LogP contribution in [0.1, 0.15) is 5.56 Å². The summed E-state index contributed by atoms with van der Waals surface area (Å²) in [7, 11) is 0. The summed E-state index contributed by atoms with van der Waals surface area (Å²) in [6.45, 7) is 0.657. The SMILES string of the molecule is O=c1ccsn1Cc1ccc(Br)cc1. The molecule has 1 aromatic heterocycles. The van der Waals surface area contributed by atoms with Gasteiger partial charge in [-0.15, -0.1) is 0 Å². The maximum absolute atomic E-state index is 11.3. The highest BCUT2D eigenvalue weighted by atomic mass is 79.9. The molecule has 0 aliphatic carbocycles. The van der Waals surface area contributed by atoms with Crippen LogP contribution in [-0.2, 0) is 6.54 Å². The van der Waals surface area contributed by atoms with Crippen LogP contribution in [0, 0.1) is 0 Å². The van der Waals surface area contributed by atoms with E-state index in [4.69, 9.17) is 0 Å². The molecule has 1 aromatic carbocycles. The topological polar surface area (TPSA) is 22.0 Å². The predicted octanol–water partition coefficient (Wildman–Crippen LogP) is 2.72. The Balaban J connectivity index is 2.23. The second-order valence-electron chi connectivity index (χ2n) is 2.91. The average molecular weight is 270 g/mol. The van der Waals surface area contributed by atoms with Crippen LogP contribution < -0.4 is 5.56 Å². The molecule has 0 N–H and O–H groups in total. The highest BCUT2D eigenvalue weighted by Gasteiger charge is 1.98. The number of aromatic nitrogens is 1. The molecule has 2 rings (SSSR count). The van der Waals surface area contributed by atoms with Gasteiger partial charge in [0.05, 0.1) is 6.54 Å². The minimum absolute atomic E-state index is 0.0675. The largest absolute Gasteiger partial charge is 0.268 e. The van der Waals surface area contributed by atoms with Gasteiger partial charge in [0.15, 0.2) is 0 Å². The van der Waals surface area contributed by atoms with Gasteiger partial charge in [0.25, 0.3) is 5.56 Å². The normalized spacial score (nSPS) is 10.4. The molecule has 0 radical (unpaired) electrons. The van der Waals surface area contributed by atoms with Crippen molar-refractivity contribution in [2.24, 2.45) is 0 Å². The predicted molar refractivity (Wildman–Crippen MR) is 61.8 cm³/mol. The van der Waals surface area contributed by atoms with Crippen LogP contribution in [0.4, 0.5) is 0 Å². The molecule has 0 amide bonds. The van der Waals surface area contributed by atoms with E-state index in [9.17, 15) is 4.79 Å². The number of nitrogens with zero attached hydrogens (tertiary/aromatic N) is 1. The second-order valence-corrected chi connectivity index (χ2v) is 4.75. The third-order valence-corrected chi connectivity index (χ3v) is 3.23. The fourth-order valence-corrected chi connectivity index (χ4v) is 2.14. The van der Waals surface area contributed by atoms with E-state index in [0.29, 0.717) is 6.54 Å². The van der Waals surface area contributed by atoms with E-state index in [2.05, 4.69) is 15.9 Å². The van der Waals surface area contributed by atoms with Gasteiger partial charge < -0.3 is 0 Å². The Kier molecular flexibility index (Phi) is 2.84. The van der Waals surface area contributed by atoms with E-state index < -0.39 is 0 Å². The van der Waals surface area contributed by atoms with Crippen molar-refractivity contribution in [2.75, 3.05) is 0 Å². The van der Waals surface area contributed by atoms with Crippen LogP contribution in [0.15, 0.2) is 45.0 Å². The molecule has 0 saturated carbocycles. The average Bonchev–Trinajstić information content (AvgIpc) is 2.56. The minimum atomic E-state index is 0.0675. The van der Waals surface area contributed by atoms with E-state index in [-0.39, 0.29) is 5.56 Å². The zero-order valence-corrected chi connectivity index (χ0v) is 9.72. The van der Waals surface area contributed by atoms with Crippen molar-refractivity contribution in [2.45, 2.75) is 6.54 Å². The van der Waals surface area contributed by atoms with Gasteiger partial charge in [-0.25, -0.2) is 0 Å². The summed E-state index contributed by atoms with van der Waals surface area (Å²) in [5.74, 6) is 0. The molecule has 2 nitrogen and oxygen atoms in total. The lowest BCUT2D eigenvalue weighted by Gasteiger charge is -2.00. The van der Waals surface area contributed by atoms with Crippen LogP contribution in [-0.4, -0.2) is 3.96 Å². The minimum Gasteiger partial charge on any atom is -0.268 e. The maximum Gasteiger partial charge on any atom is 0.260 e. The number of hydrogen-bond donors (Lipinski definition) is 0. The lowest BCUT2D eigenvalue weighted by molar-refractivity contribution is 0.849. The Morgan fingerprint density at radius 3 is 2.50 bits per heavy atom. The van der Waals surface area contributed by atoms with Gasteiger partial charge in [0.2, 0.25) is 0 Å². The molecular formula is C10H8BrNOS. The molecule has 72 valence electrons. The lowest BCUT2D eigenvalue weighted by atomic mass is 10.2. The maximum atomic E-state index is 11.3. The van der Waals surface area contributed by atoms with Crippen molar-refractivity contribution in [1.82, 2.24) is 3.96 Å². The Morgan fingerprint density at radius 1 is 1.21 bits per heavy atom. The Bertz CT molecular complexity index is 471. The van der Waals surface area contributed by atoms with Crippen molar-refractivity contribution in [3.8, 4) is 0 Å². The molecule has 0 unspecified atom stereocenters. The van der Waals surface area contributed by atoms with Gasteiger partial charge in [-0.1, -0.05) is 39.6 Å². The van der Waals surface area contributed by atoms with Crippen LogP contribution in [0.3, 0.4) is 0 Å². The molecule has 4 heteroatoms. The molecule has 1 heterocycles. The number of rotatable bonds is 2. The molecule has 0 spiro atoms. The van der Waals surface area contributed by atoms with Gasteiger partial charge in [-0.3, -0.25) is 8.75 Å². The van der Waals surface area contributed by atoms with E-state index in [1.807, 2.05) is 24.3 Å². The summed E-state index contributed by atoms with van der Waals surface area (Å²) in [5.41, 5.74) is 1.20. The summed E-state index contributed by atoms with van der Waals surface area (Å²) in [5, 5.41) is 1.81. The van der Waals surface area contributed by atoms with Crippen LogP contribution >= 0.6 is 27.5 Å². The molecule has 14 heavy (non-hydrogen) atoms. The Morgan fingerprint density at radius 2 is 1.93 bits per heavy atom. The standard InChI is InChI=1S/C10H8BrNOS/c11-9-3-1-8(2-4-9)7-12-10(13)5-6-14-12/h1-6H,7H2. The first-order valence-electron chi connectivity index (χ1n) is 4.15. The van der Waals surface area contributed by atoms with Gasteiger partial charge in [0, 0.05) is 15.9 Å². The highest BCUT2D eigenvalue weighted by Crippen LogP contribution is 2.11. The lowest BCUT2D eigenvalue weighted by Crippen LogP contribution is -2.12. The second kappa shape index (κ2) is 4.11. The Labute approximate surface area is 94.1 Å². The molecule has 0 bridgehead atoms. The van der Waals surface area contributed by atoms with Crippen molar-refractivity contribution in [3.63, 3.8) is 0 Å². The van der Waals surface area contributed by atoms with Crippen LogP contribution in [0.25, 0.3) is 0 Å². The van der Waals surface area contributed by atoms with Gasteiger partial charge in [-0.2, -0.15) is 0 Å². The van der Waals surface area contributed by atoms with E-state index in [1.54, 1.807) is 15.4 Å². The molecule has 0 fully saturated rings. The molecule has 0 aliphatic heterocycles. The monoisotopic (exact) mass is 269 g/mol. The fraction of sp³-hybridized carbons (Fsp3) is 0.100. The summed E-state index contributed by atoms with van der Waals surface area (Å²) < 4.78 is 2.78. The Hall–Kier alpha value is -0.870. The fourth-order valence-electron chi connectivity index (χ4n) is 1.17. The smallest absolute Gasteiger partial charge is 0.260 e. The molecule has 0 saturated heterocycles. The molecule has 0 atom stereocenters. The van der Waals surface area contributed by atoms with Gasteiger partial charge >= 0.3 is 0 Å². The van der Waals surface area contributed by atoms with Crippen molar-refractivity contribution < 1.29 is 0 Å². The van der Waals surface area contributed by atoms with E-state index in [0.717, 1.165) is 10.0 Å². The molecule has 2 aromatic rings. The third-order valence-electron chi connectivity index (χ3n) is 1.88. The summed E-state index contributed by atoms with van der Waals surface area (Å²) >= 11 is 4.81. The number of hydrogen-bond acceptors (Lipinski definition) is 2. The van der Waals surface area contributed by atoms with Crippen LogP contribution in [0.5, 0.6) is 0 Å². The third kappa shape index (κ3) is 2.13. The zero-order valence-electron chi connectivity index (χ0n) is 7.31. The van der Waals surface area contributed by atoms with E-state index in [1.165, 1.54) is 11.5 Å². The van der Waals surface area contributed by atoms with Crippen molar-refractivity contribution in [1.29, 1.82) is 0 Å². The first kappa shape index (κ1) is 9.68. The summed E-state index contributed by atoms with van der Waals surface area (Å²) in [4.78, 5) is 11.3. The highest BCUT2D eigenvalue weighted by molar-refractivity contribution is 9.10. The molecule has 0 aliphatic rings. The summed E-state index contributed by atoms with van der Waals surface area (Å²) in [6.07, 6.45) is 0. The van der Waals surface area contributed by atoms with Gasteiger partial charge in [0.1, 0.15) is 0 Å². The number of halogens is 1. The summed E-state index contributed by atoms with van der Waals surface area (Å²) in [6, 6.07) is 9.57. The first-order valence-corrected chi connectivity index (χ1v) is 5.78. The van der Waals surface area contributed by atoms with Crippen molar-refractivity contribution in [3.05, 3.63) is 56.1 Å². The van der Waals surface area contributed by atoms with Crippen LogP contribution in [0.2, 0.25) is 0 Å². The molecular weight excluding hydrogens is 262 g/mol. The first-order chi connectivity index (χ1) is 6.75. The van der Waals surface area contributed by atoms with Gasteiger partial charge in [-0.05, 0) is 17.7 Å². The number of benzene rings is 1. The zero-order chi connectivity index (χ0) is 9.97.